The number of nitrogens with zero attached hydrogens (tertiary/aromatic N) is 4. The van der Waals surface area contributed by atoms with Crippen LogP contribution in [0.3, 0.4) is 0 Å². The van der Waals surface area contributed by atoms with Crippen molar-refractivity contribution in [1.82, 2.24) is 14.7 Å². The van der Waals surface area contributed by atoms with Crippen LogP contribution in [0.5, 0.6) is 0 Å². The molecular weight excluding hydrogens is 348 g/mol. The van der Waals surface area contributed by atoms with Crippen LogP contribution in [0.25, 0.3) is 0 Å². The predicted octanol–water partition coefficient (Wildman–Crippen LogP) is -2.06. The van der Waals surface area contributed by atoms with Crippen LogP contribution >= 0.6 is 0 Å². The number of hydrogen-bond donors (Lipinski definition) is 0. The maximum atomic E-state index is 5.99. The summed E-state index contributed by atoms with van der Waals surface area (Å²) in [5.74, 6) is 0. The smallest absolute Gasteiger partial charge is 0.501 e. The predicted molar refractivity (Wildman–Crippen MR) is 89.9 cm³/mol. The highest BCUT2D eigenvalue weighted by molar-refractivity contribution is 6.60. The van der Waals surface area contributed by atoms with Crippen LogP contribution in [0.2, 0.25) is 6.04 Å². The quantitative estimate of drug-likeness (QED) is 0.320. The lowest BCUT2D eigenvalue weighted by atomic mass is 10.2. The minimum Gasteiger partial charge on any atom is -1.00 e. The molecule has 4 bridgehead atoms. The van der Waals surface area contributed by atoms with Crippen LogP contribution in [0.15, 0.2) is 0 Å². The van der Waals surface area contributed by atoms with E-state index in [1.165, 1.54) is 31.0 Å². The Bertz CT molecular complexity index is 351. The molecule has 4 aliphatic rings. The molecule has 0 radical (unpaired) electrons. The van der Waals surface area contributed by atoms with Crippen molar-refractivity contribution in [2.24, 2.45) is 0 Å². The van der Waals surface area contributed by atoms with Crippen molar-refractivity contribution < 1.29 is 30.2 Å². The molecule has 4 rings (SSSR count). The van der Waals surface area contributed by atoms with Gasteiger partial charge in [-0.2, -0.15) is 0 Å². The molecule has 0 aromatic heterocycles. The van der Waals surface area contributed by atoms with Gasteiger partial charge in [0.1, 0.15) is 20.0 Å². The Morgan fingerprint density at radius 3 is 1.58 bits per heavy atom. The second kappa shape index (κ2) is 8.74. The van der Waals surface area contributed by atoms with Gasteiger partial charge >= 0.3 is 8.80 Å². The van der Waals surface area contributed by atoms with E-state index in [2.05, 4.69) is 14.7 Å². The van der Waals surface area contributed by atoms with Crippen molar-refractivity contribution in [3.8, 4) is 0 Å². The first-order valence-electron chi connectivity index (χ1n) is 9.06. The van der Waals surface area contributed by atoms with Gasteiger partial charge in [-0.25, -0.2) is 14.7 Å². The van der Waals surface area contributed by atoms with E-state index in [0.29, 0.717) is 19.8 Å². The molecule has 0 unspecified atom stereocenters. The van der Waals surface area contributed by atoms with Gasteiger partial charge in [-0.1, -0.05) is 0 Å². The molecule has 0 amide bonds. The van der Waals surface area contributed by atoms with E-state index < -0.39 is 8.80 Å². The fourth-order valence-corrected chi connectivity index (χ4v) is 7.10. The topological polar surface area (TPSA) is 37.4 Å². The highest BCUT2D eigenvalue weighted by atomic mass is 35.5. The second-order valence-corrected chi connectivity index (χ2v) is 9.74. The van der Waals surface area contributed by atoms with Crippen LogP contribution < -0.4 is 12.4 Å². The molecule has 0 saturated carbocycles. The van der Waals surface area contributed by atoms with Crippen LogP contribution in [-0.2, 0) is 13.3 Å². The summed E-state index contributed by atoms with van der Waals surface area (Å²) >= 11 is 0. The van der Waals surface area contributed by atoms with Gasteiger partial charge in [-0.05, 0) is 20.8 Å². The molecule has 0 atom stereocenters. The van der Waals surface area contributed by atoms with Gasteiger partial charge in [0.15, 0.2) is 0 Å². The maximum Gasteiger partial charge on any atom is 0.501 e. The van der Waals surface area contributed by atoms with Crippen molar-refractivity contribution in [2.75, 3.05) is 66.4 Å². The molecule has 9 heteroatoms. The van der Waals surface area contributed by atoms with Crippen LogP contribution in [0.1, 0.15) is 27.2 Å². The third-order valence-electron chi connectivity index (χ3n) is 4.91. The Morgan fingerprint density at radius 2 is 1.21 bits per heavy atom. The Kier molecular flexibility index (Phi) is 7.48. The van der Waals surface area contributed by atoms with Crippen molar-refractivity contribution in [3.63, 3.8) is 0 Å². The Labute approximate surface area is 153 Å². The number of hydrogen-bond acceptors (Lipinski definition) is 6. The average Bonchev–Trinajstić information content (AvgIpc) is 2.46. The SMILES string of the molecule is CCO[Si](CCC[N+]12CN3CN(CN(C3)C1)C2)(OCC)OCC.[Cl-]. The minimum atomic E-state index is -2.48. The summed E-state index contributed by atoms with van der Waals surface area (Å²) in [5, 5.41) is 0. The monoisotopic (exact) mass is 380 g/mol. The summed E-state index contributed by atoms with van der Waals surface area (Å²) in [7, 11) is -2.48. The number of halogens is 1. The zero-order valence-electron chi connectivity index (χ0n) is 15.4. The van der Waals surface area contributed by atoms with Crippen LogP contribution in [0, 0.1) is 0 Å². The third-order valence-corrected chi connectivity index (χ3v) is 8.06. The molecule has 4 aliphatic heterocycles. The minimum absolute atomic E-state index is 0. The molecule has 0 spiro atoms. The lowest BCUT2D eigenvalue weighted by molar-refractivity contribution is -0.980. The maximum absolute atomic E-state index is 5.99. The largest absolute Gasteiger partial charge is 1.00 e. The van der Waals surface area contributed by atoms with E-state index in [4.69, 9.17) is 13.3 Å². The first kappa shape index (κ1) is 20.5. The standard InChI is InChI=1S/C15H33N4O3Si.ClH/c1-4-20-23(21-5-2,22-6-3)9-7-8-19-13-16-10-17(14-19)12-18(11-16)15-19;/h4-15H2,1-3H3;1H/q+1;/p-1. The van der Waals surface area contributed by atoms with Gasteiger partial charge < -0.3 is 25.7 Å². The Hall–Kier alpha value is 0.227. The molecule has 0 aromatic carbocycles. The number of rotatable bonds is 10. The van der Waals surface area contributed by atoms with E-state index in [1.54, 1.807) is 0 Å². The Morgan fingerprint density at radius 1 is 0.792 bits per heavy atom. The summed E-state index contributed by atoms with van der Waals surface area (Å²) in [6.45, 7) is 16.3. The van der Waals surface area contributed by atoms with Gasteiger partial charge in [-0.15, -0.1) is 0 Å². The molecule has 7 nitrogen and oxygen atoms in total. The van der Waals surface area contributed by atoms with Crippen molar-refractivity contribution >= 4 is 8.80 Å². The average molecular weight is 381 g/mol. The molecule has 142 valence electrons. The molecule has 24 heavy (non-hydrogen) atoms. The molecular formula is C15H33ClN4O3Si. The molecule has 0 aromatic rings. The number of quaternary nitrogens is 1. The second-order valence-electron chi connectivity index (χ2n) is 7.01. The van der Waals surface area contributed by atoms with E-state index in [-0.39, 0.29) is 12.4 Å². The summed E-state index contributed by atoms with van der Waals surface area (Å²) in [6, 6.07) is 0.933. The van der Waals surface area contributed by atoms with Gasteiger partial charge in [0.25, 0.3) is 0 Å². The first-order valence-corrected chi connectivity index (χ1v) is 11.0. The van der Waals surface area contributed by atoms with Crippen molar-refractivity contribution in [2.45, 2.75) is 33.2 Å². The lowest BCUT2D eigenvalue weighted by Crippen LogP contribution is -3.00. The van der Waals surface area contributed by atoms with E-state index in [1.807, 2.05) is 20.8 Å². The fraction of sp³-hybridized carbons (Fsp3) is 1.00. The summed E-state index contributed by atoms with van der Waals surface area (Å²) in [5.41, 5.74) is 0. The molecule has 4 saturated heterocycles. The van der Waals surface area contributed by atoms with Crippen LogP contribution in [0.4, 0.5) is 0 Å². The summed E-state index contributed by atoms with van der Waals surface area (Å²) in [4.78, 5) is 7.69. The highest BCUT2D eigenvalue weighted by Crippen LogP contribution is 2.30. The fourth-order valence-electron chi connectivity index (χ4n) is 4.50. The van der Waals surface area contributed by atoms with Crippen LogP contribution in [-0.4, -0.2) is 94.4 Å². The van der Waals surface area contributed by atoms with E-state index in [9.17, 15) is 0 Å². The zero-order valence-corrected chi connectivity index (χ0v) is 17.1. The molecule has 0 aliphatic carbocycles. The van der Waals surface area contributed by atoms with Crippen molar-refractivity contribution in [3.05, 3.63) is 0 Å². The third kappa shape index (κ3) is 4.49. The summed E-state index contributed by atoms with van der Waals surface area (Å²) < 4.78 is 19.1. The molecule has 4 heterocycles. The van der Waals surface area contributed by atoms with E-state index >= 15 is 0 Å². The van der Waals surface area contributed by atoms with Gasteiger partial charge in [-0.3, -0.25) is 4.48 Å². The molecule has 4 fully saturated rings. The normalized spacial score (nSPS) is 34.4. The van der Waals surface area contributed by atoms with Gasteiger partial charge in [0, 0.05) is 32.3 Å². The van der Waals surface area contributed by atoms with E-state index in [0.717, 1.165) is 32.5 Å². The highest BCUT2D eigenvalue weighted by Gasteiger charge is 2.49. The first-order chi connectivity index (χ1) is 11.1. The molecule has 0 N–H and O–H groups in total. The zero-order chi connectivity index (χ0) is 16.3. The van der Waals surface area contributed by atoms with Crippen molar-refractivity contribution in [1.29, 1.82) is 0 Å². The Balaban J connectivity index is 0.00000208. The van der Waals surface area contributed by atoms with Gasteiger partial charge in [0.2, 0.25) is 0 Å². The lowest BCUT2D eigenvalue weighted by Gasteiger charge is -2.60. The van der Waals surface area contributed by atoms with Gasteiger partial charge in [0.05, 0.1) is 26.6 Å². The summed E-state index contributed by atoms with van der Waals surface area (Å²) in [6.07, 6.45) is 1.11.